The number of hydrogen-bond acceptors (Lipinski definition) is 8. The van der Waals surface area contributed by atoms with Gasteiger partial charge in [0.15, 0.2) is 11.5 Å². The van der Waals surface area contributed by atoms with Crippen LogP contribution in [0.25, 0.3) is 0 Å². The average Bonchev–Trinajstić information content (AvgIpc) is 3.25. The molecule has 1 amide bonds. The molecule has 1 aliphatic rings. The first-order valence-corrected chi connectivity index (χ1v) is 13.2. The number of esters is 1. The summed E-state index contributed by atoms with van der Waals surface area (Å²) in [5, 5.41) is 0.545. The Labute approximate surface area is 226 Å². The van der Waals surface area contributed by atoms with Crippen LogP contribution in [0.1, 0.15) is 54.1 Å². The molecule has 9 heteroatoms. The molecule has 0 saturated heterocycles. The summed E-state index contributed by atoms with van der Waals surface area (Å²) >= 11 is 1.39. The minimum atomic E-state index is -0.582. The number of aliphatic imine (C=N–C) groups is 1. The Bertz CT molecular complexity index is 1330. The second-order valence-corrected chi connectivity index (χ2v) is 10.7. The Balaban J connectivity index is 1.60. The fourth-order valence-electron chi connectivity index (χ4n) is 3.97. The van der Waals surface area contributed by atoms with E-state index in [4.69, 9.17) is 18.9 Å². The summed E-state index contributed by atoms with van der Waals surface area (Å²) in [5.74, 6) is 1.43. The number of rotatable bonds is 7. The molecule has 0 N–H and O–H groups in total. The lowest BCUT2D eigenvalue weighted by Crippen LogP contribution is -2.39. The zero-order chi connectivity index (χ0) is 27.3. The lowest BCUT2D eigenvalue weighted by atomic mass is 10.0. The highest BCUT2D eigenvalue weighted by Crippen LogP contribution is 2.40. The van der Waals surface area contributed by atoms with Crippen molar-refractivity contribution >= 4 is 34.6 Å². The molecule has 3 aromatic rings. The fourth-order valence-corrected chi connectivity index (χ4v) is 5.17. The van der Waals surface area contributed by atoms with Crippen molar-refractivity contribution in [1.29, 1.82) is 0 Å². The number of benzene rings is 2. The van der Waals surface area contributed by atoms with Crippen LogP contribution < -0.4 is 9.47 Å². The van der Waals surface area contributed by atoms with Gasteiger partial charge in [0.1, 0.15) is 16.4 Å². The zero-order valence-corrected chi connectivity index (χ0v) is 23.1. The highest BCUT2D eigenvalue weighted by molar-refractivity contribution is 7.16. The number of ether oxygens (including phenoxy) is 4. The second-order valence-electron chi connectivity index (χ2n) is 9.64. The molecular weight excluding hydrogens is 504 g/mol. The van der Waals surface area contributed by atoms with Crippen LogP contribution in [0.5, 0.6) is 17.2 Å². The topological polar surface area (TPSA) is 86.7 Å². The van der Waals surface area contributed by atoms with Gasteiger partial charge in [0.05, 0.1) is 25.8 Å². The quantitative estimate of drug-likeness (QED) is 0.245. The molecule has 38 heavy (non-hydrogen) atoms. The number of carbonyl (C=O) groups is 2. The third kappa shape index (κ3) is 6.52. The van der Waals surface area contributed by atoms with Crippen LogP contribution in [-0.4, -0.2) is 49.0 Å². The van der Waals surface area contributed by atoms with Crippen molar-refractivity contribution in [2.75, 3.05) is 20.3 Å². The molecule has 0 unspecified atom stereocenters. The van der Waals surface area contributed by atoms with Crippen molar-refractivity contribution in [3.05, 3.63) is 70.1 Å². The molecule has 0 radical (unpaired) electrons. The largest absolute Gasteiger partial charge is 0.493 e. The summed E-state index contributed by atoms with van der Waals surface area (Å²) in [4.78, 5) is 32.8. The van der Waals surface area contributed by atoms with Gasteiger partial charge in [-0.25, -0.2) is 14.6 Å². The SMILES string of the molecule is CCOC(=O)c1c(/N=C/c2ccc(Oc3ccccc3)c(OC)c2)sc2c1CCN(C(=O)OC(C)(C)C)C2. The van der Waals surface area contributed by atoms with E-state index in [9.17, 15) is 9.59 Å². The van der Waals surface area contributed by atoms with Gasteiger partial charge < -0.3 is 23.8 Å². The maximum Gasteiger partial charge on any atom is 0.410 e. The predicted molar refractivity (Wildman–Crippen MR) is 147 cm³/mol. The summed E-state index contributed by atoms with van der Waals surface area (Å²) in [5.41, 5.74) is 1.53. The van der Waals surface area contributed by atoms with Crippen LogP contribution >= 0.6 is 11.3 Å². The third-order valence-electron chi connectivity index (χ3n) is 5.66. The van der Waals surface area contributed by atoms with Crippen molar-refractivity contribution < 1.29 is 28.5 Å². The fraction of sp³-hybridized carbons (Fsp3) is 0.345. The normalized spacial score (nSPS) is 13.2. The van der Waals surface area contributed by atoms with Gasteiger partial charge in [-0.2, -0.15) is 0 Å². The standard InChI is InChI=1S/C29H32N2O6S/c1-6-35-27(32)25-21-14-15-31(28(33)37-29(2,3)4)18-24(21)38-26(25)30-17-19-12-13-22(23(16-19)34-5)36-20-10-8-7-9-11-20/h7-13,16-17H,6,14-15,18H2,1-5H3/b30-17+. The van der Waals surface area contributed by atoms with Crippen molar-refractivity contribution in [3.8, 4) is 17.2 Å². The van der Waals surface area contributed by atoms with Gasteiger partial charge in [0, 0.05) is 17.6 Å². The Kier molecular flexibility index (Phi) is 8.36. The van der Waals surface area contributed by atoms with Crippen molar-refractivity contribution in [2.24, 2.45) is 4.99 Å². The second kappa shape index (κ2) is 11.7. The number of fused-ring (bicyclic) bond motifs is 1. The minimum Gasteiger partial charge on any atom is -0.493 e. The number of methoxy groups -OCH3 is 1. The van der Waals surface area contributed by atoms with Crippen LogP contribution in [0.15, 0.2) is 53.5 Å². The van der Waals surface area contributed by atoms with Crippen molar-refractivity contribution in [3.63, 3.8) is 0 Å². The average molecular weight is 537 g/mol. The molecule has 200 valence electrons. The predicted octanol–water partition coefficient (Wildman–Crippen LogP) is 6.77. The van der Waals surface area contributed by atoms with E-state index in [2.05, 4.69) is 4.99 Å². The molecule has 4 rings (SSSR count). The lowest BCUT2D eigenvalue weighted by molar-refractivity contribution is 0.0226. The van der Waals surface area contributed by atoms with Gasteiger partial charge in [0.2, 0.25) is 0 Å². The number of nitrogens with zero attached hydrogens (tertiary/aromatic N) is 2. The molecule has 0 fully saturated rings. The molecular formula is C29H32N2O6S. The van der Waals surface area contributed by atoms with E-state index in [-0.39, 0.29) is 12.7 Å². The summed E-state index contributed by atoms with van der Waals surface area (Å²) in [7, 11) is 1.58. The van der Waals surface area contributed by atoms with Crippen molar-refractivity contribution in [2.45, 2.75) is 46.3 Å². The summed E-state index contributed by atoms with van der Waals surface area (Å²) < 4.78 is 22.4. The molecule has 1 aliphatic heterocycles. The smallest absolute Gasteiger partial charge is 0.410 e. The van der Waals surface area contributed by atoms with E-state index in [1.807, 2.05) is 69.3 Å². The highest BCUT2D eigenvalue weighted by Gasteiger charge is 2.32. The number of amides is 1. The van der Waals surface area contributed by atoms with Gasteiger partial charge in [-0.05, 0) is 75.6 Å². The molecule has 0 aliphatic carbocycles. The van der Waals surface area contributed by atoms with Crippen LogP contribution in [0.3, 0.4) is 0 Å². The summed E-state index contributed by atoms with van der Waals surface area (Å²) in [6, 6.07) is 15.0. The molecule has 1 aromatic heterocycles. The Hall–Kier alpha value is -3.85. The van der Waals surface area contributed by atoms with E-state index in [0.717, 1.165) is 16.0 Å². The van der Waals surface area contributed by atoms with E-state index < -0.39 is 11.6 Å². The summed E-state index contributed by atoms with van der Waals surface area (Å²) in [6.45, 7) is 8.36. The number of thiophene rings is 1. The van der Waals surface area contributed by atoms with Gasteiger partial charge in [-0.1, -0.05) is 18.2 Å². The van der Waals surface area contributed by atoms with Gasteiger partial charge >= 0.3 is 12.1 Å². The molecule has 8 nitrogen and oxygen atoms in total. The van der Waals surface area contributed by atoms with Crippen molar-refractivity contribution in [1.82, 2.24) is 4.90 Å². The molecule has 0 bridgehead atoms. The first-order valence-electron chi connectivity index (χ1n) is 12.4. The Morgan fingerprint density at radius 3 is 2.55 bits per heavy atom. The maximum atomic E-state index is 12.9. The van der Waals surface area contributed by atoms with Crippen LogP contribution in [0.2, 0.25) is 0 Å². The molecule has 0 atom stereocenters. The summed E-state index contributed by atoms with van der Waals surface area (Å²) in [6.07, 6.45) is 1.83. The van der Waals surface area contributed by atoms with E-state index in [1.165, 1.54) is 11.3 Å². The lowest BCUT2D eigenvalue weighted by Gasteiger charge is -2.30. The van der Waals surface area contributed by atoms with Gasteiger partial charge in [0.25, 0.3) is 0 Å². The van der Waals surface area contributed by atoms with E-state index in [0.29, 0.717) is 47.3 Å². The van der Waals surface area contributed by atoms with Crippen LogP contribution in [0.4, 0.5) is 9.80 Å². The Morgan fingerprint density at radius 2 is 1.87 bits per heavy atom. The molecule has 0 saturated carbocycles. The zero-order valence-electron chi connectivity index (χ0n) is 22.3. The number of carbonyl (C=O) groups excluding carboxylic acids is 2. The molecule has 0 spiro atoms. The molecule has 2 heterocycles. The van der Waals surface area contributed by atoms with Gasteiger partial charge in [-0.15, -0.1) is 11.3 Å². The van der Waals surface area contributed by atoms with E-state index in [1.54, 1.807) is 25.1 Å². The Morgan fingerprint density at radius 1 is 1.11 bits per heavy atom. The van der Waals surface area contributed by atoms with Crippen LogP contribution in [0, 0.1) is 0 Å². The monoisotopic (exact) mass is 536 g/mol. The third-order valence-corrected chi connectivity index (χ3v) is 6.78. The minimum absolute atomic E-state index is 0.261. The van der Waals surface area contributed by atoms with E-state index >= 15 is 0 Å². The maximum absolute atomic E-state index is 12.9. The molecule has 2 aromatic carbocycles. The van der Waals surface area contributed by atoms with Gasteiger partial charge in [-0.3, -0.25) is 0 Å². The number of para-hydroxylation sites is 1. The first kappa shape index (κ1) is 27.2. The van der Waals surface area contributed by atoms with Crippen LogP contribution in [-0.2, 0) is 22.4 Å². The number of hydrogen-bond donors (Lipinski definition) is 0. The first-order chi connectivity index (χ1) is 18.2. The highest BCUT2D eigenvalue weighted by atomic mass is 32.1.